The van der Waals surface area contributed by atoms with Crippen LogP contribution in [0.4, 0.5) is 24.5 Å². The van der Waals surface area contributed by atoms with Crippen LogP contribution < -0.4 is 15.0 Å². The molecule has 0 unspecified atom stereocenters. The largest absolute Gasteiger partial charge is 0.490 e. The Bertz CT molecular complexity index is 1540. The number of imidazole rings is 1. The fraction of sp³-hybridized carbons (Fsp3) is 0.345. The van der Waals surface area contributed by atoms with Gasteiger partial charge in [-0.3, -0.25) is 14.2 Å². The van der Waals surface area contributed by atoms with Crippen LogP contribution in [0.15, 0.2) is 61.2 Å². The van der Waals surface area contributed by atoms with Crippen LogP contribution in [0.3, 0.4) is 0 Å². The number of hydrogen-bond donors (Lipinski definition) is 1. The molecular formula is C29H29F3N6O2. The topological polar surface area (TPSA) is 75.0 Å². The van der Waals surface area contributed by atoms with Crippen LogP contribution in [0.2, 0.25) is 0 Å². The summed E-state index contributed by atoms with van der Waals surface area (Å²) in [4.78, 5) is 25.9. The van der Waals surface area contributed by atoms with Crippen LogP contribution in [0, 0.1) is 0 Å². The molecule has 1 amide bonds. The molecule has 4 heterocycles. The van der Waals surface area contributed by atoms with Gasteiger partial charge in [0.1, 0.15) is 11.9 Å². The Morgan fingerprint density at radius 3 is 2.73 bits per heavy atom. The summed E-state index contributed by atoms with van der Waals surface area (Å²) in [5.74, 6) is -0.691. The molecule has 6 rings (SSSR count). The molecule has 2 aromatic carbocycles. The molecule has 0 bridgehead atoms. The Kier molecular flexibility index (Phi) is 6.83. The monoisotopic (exact) mass is 550 g/mol. The van der Waals surface area contributed by atoms with Crippen LogP contribution in [-0.2, 0) is 19.1 Å². The molecule has 2 aliphatic heterocycles. The van der Waals surface area contributed by atoms with E-state index in [-0.39, 0.29) is 17.5 Å². The third-order valence-corrected chi connectivity index (χ3v) is 7.59. The molecule has 1 saturated heterocycles. The van der Waals surface area contributed by atoms with E-state index in [4.69, 9.17) is 4.74 Å². The molecule has 208 valence electrons. The highest BCUT2D eigenvalue weighted by atomic mass is 19.4. The number of halogens is 3. The van der Waals surface area contributed by atoms with E-state index in [0.29, 0.717) is 24.9 Å². The van der Waals surface area contributed by atoms with Crippen LogP contribution in [0.5, 0.6) is 5.75 Å². The summed E-state index contributed by atoms with van der Waals surface area (Å²) < 4.78 is 49.5. The fourth-order valence-corrected chi connectivity index (χ4v) is 5.38. The van der Waals surface area contributed by atoms with Crippen molar-refractivity contribution in [2.45, 2.75) is 38.1 Å². The Morgan fingerprint density at radius 1 is 1.10 bits per heavy atom. The van der Waals surface area contributed by atoms with Gasteiger partial charge in [0.2, 0.25) is 0 Å². The second kappa shape index (κ2) is 10.5. The summed E-state index contributed by atoms with van der Waals surface area (Å²) >= 11 is 0. The standard InChI is InChI=1S/C29H29F3N6O2/c1-36-10-7-23(8-11-36)40-26-5-4-21(15-24(26)29(30,31)32)35-28(39)20-3-2-19-6-12-37(25(19)14-20)18-22-16-34-27-17-33-9-13-38(22)27/h2-5,9,13-17,23H,6-8,10-12,18H2,1H3,(H,35,39). The van der Waals surface area contributed by atoms with Crippen molar-refractivity contribution in [1.82, 2.24) is 19.3 Å². The highest BCUT2D eigenvalue weighted by Gasteiger charge is 2.36. The van der Waals surface area contributed by atoms with Crippen LogP contribution in [0.25, 0.3) is 5.65 Å². The maximum Gasteiger partial charge on any atom is 0.420 e. The number of anilines is 2. The Balaban J connectivity index is 1.19. The quantitative estimate of drug-likeness (QED) is 0.363. The zero-order valence-electron chi connectivity index (χ0n) is 22.0. The summed E-state index contributed by atoms with van der Waals surface area (Å²) in [6.45, 7) is 2.92. The van der Waals surface area contributed by atoms with Crippen molar-refractivity contribution >= 4 is 22.9 Å². The molecule has 40 heavy (non-hydrogen) atoms. The number of benzene rings is 2. The van der Waals surface area contributed by atoms with Gasteiger partial charge in [-0.1, -0.05) is 6.07 Å². The molecule has 8 nitrogen and oxygen atoms in total. The van der Waals surface area contributed by atoms with Gasteiger partial charge in [-0.05, 0) is 62.2 Å². The van der Waals surface area contributed by atoms with E-state index in [0.717, 1.165) is 54.7 Å². The van der Waals surface area contributed by atoms with E-state index < -0.39 is 17.6 Å². The van der Waals surface area contributed by atoms with Crippen LogP contribution >= 0.6 is 0 Å². The van der Waals surface area contributed by atoms with Gasteiger partial charge < -0.3 is 19.9 Å². The van der Waals surface area contributed by atoms with Crippen molar-refractivity contribution in [1.29, 1.82) is 0 Å². The second-order valence-corrected chi connectivity index (χ2v) is 10.4. The minimum absolute atomic E-state index is 0.0600. The van der Waals surface area contributed by atoms with Crippen molar-refractivity contribution in [3.05, 3.63) is 83.6 Å². The van der Waals surface area contributed by atoms with Crippen LogP contribution in [-0.4, -0.2) is 58.0 Å². The number of rotatable bonds is 6. The van der Waals surface area contributed by atoms with Crippen molar-refractivity contribution < 1.29 is 22.7 Å². The number of fused-ring (bicyclic) bond motifs is 2. The van der Waals surface area contributed by atoms with E-state index in [2.05, 4.69) is 25.1 Å². The number of alkyl halides is 3. The molecule has 1 N–H and O–H groups in total. The third kappa shape index (κ3) is 5.33. The summed E-state index contributed by atoms with van der Waals surface area (Å²) in [7, 11) is 1.98. The third-order valence-electron chi connectivity index (χ3n) is 7.59. The molecule has 0 radical (unpaired) electrons. The summed E-state index contributed by atoms with van der Waals surface area (Å²) in [5, 5.41) is 2.64. The van der Waals surface area contributed by atoms with E-state index in [9.17, 15) is 18.0 Å². The minimum atomic E-state index is -4.62. The maximum absolute atomic E-state index is 13.9. The summed E-state index contributed by atoms with van der Waals surface area (Å²) in [6, 6.07) is 9.11. The lowest BCUT2D eigenvalue weighted by molar-refractivity contribution is -0.139. The number of carbonyl (C=O) groups is 1. The predicted octanol–water partition coefficient (Wildman–Crippen LogP) is 5.04. The van der Waals surface area contributed by atoms with Crippen molar-refractivity contribution in [3.8, 4) is 5.75 Å². The molecule has 0 aliphatic carbocycles. The van der Waals surface area contributed by atoms with E-state index in [1.807, 2.05) is 29.9 Å². The zero-order valence-corrected chi connectivity index (χ0v) is 22.0. The van der Waals surface area contributed by atoms with E-state index >= 15 is 0 Å². The highest BCUT2D eigenvalue weighted by molar-refractivity contribution is 6.05. The molecule has 4 aromatic rings. The molecule has 0 spiro atoms. The van der Waals surface area contributed by atoms with Gasteiger partial charge in [0.15, 0.2) is 5.65 Å². The molecule has 0 saturated carbocycles. The first-order chi connectivity index (χ1) is 19.2. The normalized spacial score (nSPS) is 16.4. The first-order valence-corrected chi connectivity index (χ1v) is 13.3. The zero-order chi connectivity index (χ0) is 27.9. The Hall–Kier alpha value is -4.12. The minimum Gasteiger partial charge on any atom is -0.490 e. The van der Waals surface area contributed by atoms with Gasteiger partial charge in [-0.2, -0.15) is 13.2 Å². The number of ether oxygens (including phenoxy) is 1. The first kappa shape index (κ1) is 26.1. The summed E-state index contributed by atoms with van der Waals surface area (Å²) in [5.41, 5.74) is 3.32. The van der Waals surface area contributed by atoms with Crippen molar-refractivity contribution in [3.63, 3.8) is 0 Å². The molecule has 11 heteroatoms. The molecule has 0 atom stereocenters. The first-order valence-electron chi connectivity index (χ1n) is 13.3. The van der Waals surface area contributed by atoms with Gasteiger partial charge in [-0.15, -0.1) is 0 Å². The van der Waals surface area contributed by atoms with Crippen molar-refractivity contribution in [2.24, 2.45) is 0 Å². The Morgan fingerprint density at radius 2 is 1.93 bits per heavy atom. The van der Waals surface area contributed by atoms with Gasteiger partial charge in [0, 0.05) is 49.0 Å². The number of nitrogens with zero attached hydrogens (tertiary/aromatic N) is 5. The molecular weight excluding hydrogens is 521 g/mol. The fourth-order valence-electron chi connectivity index (χ4n) is 5.38. The van der Waals surface area contributed by atoms with Gasteiger partial charge in [-0.25, -0.2) is 4.98 Å². The predicted molar refractivity (Wildman–Crippen MR) is 145 cm³/mol. The smallest absolute Gasteiger partial charge is 0.420 e. The lowest BCUT2D eigenvalue weighted by Gasteiger charge is -2.30. The number of likely N-dealkylation sites (tertiary alicyclic amines) is 1. The SMILES string of the molecule is CN1CCC(Oc2ccc(NC(=O)c3ccc4c(c3)N(Cc3cnc5cnccn35)CC4)cc2C(F)(F)F)CC1. The lowest BCUT2D eigenvalue weighted by atomic mass is 10.1. The number of hydrogen-bond acceptors (Lipinski definition) is 6. The molecule has 2 aromatic heterocycles. The van der Waals surface area contributed by atoms with Gasteiger partial charge in [0.05, 0.1) is 30.2 Å². The van der Waals surface area contributed by atoms with E-state index in [1.54, 1.807) is 24.5 Å². The number of amides is 1. The highest BCUT2D eigenvalue weighted by Crippen LogP contribution is 2.39. The van der Waals surface area contributed by atoms with Gasteiger partial charge in [0.25, 0.3) is 5.91 Å². The average Bonchev–Trinajstić information content (AvgIpc) is 3.54. The Labute approximate surface area is 229 Å². The summed E-state index contributed by atoms with van der Waals surface area (Å²) in [6.07, 6.45) is 4.34. The maximum atomic E-state index is 13.9. The lowest BCUT2D eigenvalue weighted by Crippen LogP contribution is -2.36. The number of nitrogens with one attached hydrogen (secondary N) is 1. The number of aromatic nitrogens is 3. The van der Waals surface area contributed by atoms with E-state index in [1.165, 1.54) is 12.1 Å². The second-order valence-electron chi connectivity index (χ2n) is 10.4. The number of piperidine rings is 1. The molecule has 1 fully saturated rings. The van der Waals surface area contributed by atoms with Gasteiger partial charge >= 0.3 is 6.18 Å². The molecule has 2 aliphatic rings. The van der Waals surface area contributed by atoms with Crippen molar-refractivity contribution in [2.75, 3.05) is 36.9 Å². The average molecular weight is 551 g/mol. The van der Waals surface area contributed by atoms with Crippen LogP contribution in [0.1, 0.15) is 40.0 Å². The number of carbonyl (C=O) groups excluding carboxylic acids is 1.